The third-order valence-corrected chi connectivity index (χ3v) is 6.91. The van der Waals surface area contributed by atoms with Crippen molar-refractivity contribution < 1.29 is 19.0 Å². The molecule has 0 saturated heterocycles. The van der Waals surface area contributed by atoms with Gasteiger partial charge in [-0.25, -0.2) is 0 Å². The van der Waals surface area contributed by atoms with Crippen LogP contribution in [0.15, 0.2) is 78.9 Å². The number of allylic oxidation sites excluding steroid dienone is 4. The maximum atomic E-state index is 12.2. The Morgan fingerprint density at radius 1 is 0.636 bits per heavy atom. The Bertz CT molecular complexity index is 1530. The van der Waals surface area contributed by atoms with Crippen LogP contribution in [0.25, 0.3) is 32.7 Å². The monoisotopic (exact) mass is 434 g/mol. The average molecular weight is 434 g/mol. The number of fused-ring (bicyclic) bond motifs is 10. The molecule has 2 aliphatic carbocycles. The second kappa shape index (κ2) is 6.97. The van der Waals surface area contributed by atoms with Gasteiger partial charge in [0, 0.05) is 0 Å². The highest BCUT2D eigenvalue weighted by Gasteiger charge is 2.43. The first-order valence-corrected chi connectivity index (χ1v) is 10.8. The molecular weight excluding hydrogens is 412 g/mol. The highest BCUT2D eigenvalue weighted by atomic mass is 16.5. The Morgan fingerprint density at radius 3 is 1.82 bits per heavy atom. The topological polar surface area (TPSA) is 44.8 Å². The summed E-state index contributed by atoms with van der Waals surface area (Å²) in [6, 6.07) is 18.6. The summed E-state index contributed by atoms with van der Waals surface area (Å²) >= 11 is 0. The minimum atomic E-state index is -0.563. The number of hydrogen-bond donors (Lipinski definition) is 0. The minimum Gasteiger partial charge on any atom is -0.497 e. The predicted octanol–water partition coefficient (Wildman–Crippen LogP) is 5.98. The van der Waals surface area contributed by atoms with Gasteiger partial charge in [0.1, 0.15) is 17.2 Å². The van der Waals surface area contributed by atoms with E-state index in [2.05, 4.69) is 36.4 Å². The number of hydrogen-bond acceptors (Lipinski definition) is 4. The summed E-state index contributed by atoms with van der Waals surface area (Å²) in [6.45, 7) is 0. The molecule has 0 N–H and O–H groups in total. The van der Waals surface area contributed by atoms with Crippen LogP contribution in [-0.2, 0) is 10.2 Å². The first-order chi connectivity index (χ1) is 16.1. The van der Waals surface area contributed by atoms with Gasteiger partial charge in [-0.2, -0.15) is 0 Å². The molecule has 33 heavy (non-hydrogen) atoms. The Labute approximate surface area is 191 Å². The van der Waals surface area contributed by atoms with Gasteiger partial charge in [0.15, 0.2) is 5.78 Å². The molecule has 6 rings (SSSR count). The maximum absolute atomic E-state index is 12.2. The van der Waals surface area contributed by atoms with E-state index in [1.54, 1.807) is 33.5 Å². The Hall–Kier alpha value is -4.05. The molecule has 1 spiro atoms. The van der Waals surface area contributed by atoms with Gasteiger partial charge in [-0.3, -0.25) is 4.79 Å². The molecule has 0 fully saturated rings. The van der Waals surface area contributed by atoms with Crippen molar-refractivity contribution in [2.24, 2.45) is 0 Å². The van der Waals surface area contributed by atoms with Crippen LogP contribution in [0.3, 0.4) is 0 Å². The van der Waals surface area contributed by atoms with E-state index in [9.17, 15) is 4.79 Å². The highest BCUT2D eigenvalue weighted by molar-refractivity contribution is 6.19. The lowest BCUT2D eigenvalue weighted by Crippen LogP contribution is -2.23. The molecule has 0 radical (unpaired) electrons. The molecule has 0 atom stereocenters. The predicted molar refractivity (Wildman–Crippen MR) is 131 cm³/mol. The first-order valence-electron chi connectivity index (χ1n) is 10.8. The molecule has 0 bridgehead atoms. The number of carbonyl (C=O) groups excluding carboxylic acids is 1. The number of rotatable bonds is 3. The van der Waals surface area contributed by atoms with Gasteiger partial charge in [-0.05, 0) is 92.3 Å². The van der Waals surface area contributed by atoms with E-state index < -0.39 is 5.41 Å². The fourth-order valence-corrected chi connectivity index (χ4v) is 5.40. The van der Waals surface area contributed by atoms with Crippen LogP contribution < -0.4 is 14.2 Å². The van der Waals surface area contributed by atoms with E-state index in [1.807, 2.05) is 30.4 Å². The van der Waals surface area contributed by atoms with Crippen LogP contribution in [0.4, 0.5) is 0 Å². The third-order valence-electron chi connectivity index (χ3n) is 6.91. The van der Waals surface area contributed by atoms with Crippen molar-refractivity contribution in [1.29, 1.82) is 0 Å². The van der Waals surface area contributed by atoms with Gasteiger partial charge in [0.25, 0.3) is 0 Å². The SMILES string of the molecule is COc1ccc2c(c1)-c1c(c3cc(OC)ccc3c3ccc(OC)cc13)C21C=CC(=O)C=C1. The molecule has 0 aliphatic heterocycles. The Kier molecular flexibility index (Phi) is 4.15. The molecule has 162 valence electrons. The lowest BCUT2D eigenvalue weighted by atomic mass is 9.73. The van der Waals surface area contributed by atoms with Crippen LogP contribution in [0.1, 0.15) is 11.1 Å². The van der Waals surface area contributed by atoms with Gasteiger partial charge in [0.05, 0.1) is 26.7 Å². The van der Waals surface area contributed by atoms with E-state index in [0.717, 1.165) is 61.0 Å². The summed E-state index contributed by atoms with van der Waals surface area (Å²) in [5, 5.41) is 4.47. The quantitative estimate of drug-likeness (QED) is 0.372. The van der Waals surface area contributed by atoms with E-state index in [0.29, 0.717) is 0 Å². The molecule has 4 aromatic rings. The fraction of sp³-hybridized carbons (Fsp3) is 0.138. The maximum Gasteiger partial charge on any atom is 0.178 e. The molecule has 2 aliphatic rings. The molecule has 0 aromatic heterocycles. The normalized spacial score (nSPS) is 15.2. The number of benzene rings is 4. The largest absolute Gasteiger partial charge is 0.497 e. The molecule has 0 saturated carbocycles. The fourth-order valence-electron chi connectivity index (χ4n) is 5.40. The lowest BCUT2D eigenvalue weighted by molar-refractivity contribution is -0.110. The molecule has 4 nitrogen and oxygen atoms in total. The Morgan fingerprint density at radius 2 is 1.18 bits per heavy atom. The zero-order valence-corrected chi connectivity index (χ0v) is 18.6. The van der Waals surface area contributed by atoms with Gasteiger partial charge in [0.2, 0.25) is 0 Å². The first kappa shape index (κ1) is 19.6. The lowest BCUT2D eigenvalue weighted by Gasteiger charge is -2.28. The standard InChI is InChI=1S/C29H22O4/c1-31-18-4-7-21-22-8-5-19(32-2)15-24(22)28-27(23(21)14-18)25-16-20(33-3)6-9-26(25)29(28)12-10-17(30)11-13-29/h4-16H,1-3H3. The zero-order chi connectivity index (χ0) is 22.7. The molecule has 0 unspecified atom stereocenters. The van der Waals surface area contributed by atoms with Crippen molar-refractivity contribution in [1.82, 2.24) is 0 Å². The summed E-state index contributed by atoms with van der Waals surface area (Å²) in [7, 11) is 5.05. The summed E-state index contributed by atoms with van der Waals surface area (Å²) in [5.74, 6) is 2.38. The number of carbonyl (C=O) groups is 1. The van der Waals surface area contributed by atoms with Gasteiger partial charge >= 0.3 is 0 Å². The molecular formula is C29H22O4. The van der Waals surface area contributed by atoms with Gasteiger partial charge < -0.3 is 14.2 Å². The van der Waals surface area contributed by atoms with Crippen LogP contribution >= 0.6 is 0 Å². The van der Waals surface area contributed by atoms with Crippen LogP contribution in [-0.4, -0.2) is 27.1 Å². The molecule has 0 amide bonds. The zero-order valence-electron chi connectivity index (χ0n) is 18.6. The third kappa shape index (κ3) is 2.61. The van der Waals surface area contributed by atoms with E-state index in [-0.39, 0.29) is 5.78 Å². The van der Waals surface area contributed by atoms with Crippen LogP contribution in [0, 0.1) is 0 Å². The summed E-state index contributed by atoms with van der Waals surface area (Å²) in [5.41, 5.74) is 3.92. The smallest absolute Gasteiger partial charge is 0.178 e. The van der Waals surface area contributed by atoms with Crippen LogP contribution in [0.2, 0.25) is 0 Å². The second-order valence-corrected chi connectivity index (χ2v) is 8.42. The Balaban J connectivity index is 1.87. The highest BCUT2D eigenvalue weighted by Crippen LogP contribution is 2.57. The van der Waals surface area contributed by atoms with E-state index in [4.69, 9.17) is 14.2 Å². The van der Waals surface area contributed by atoms with E-state index >= 15 is 0 Å². The van der Waals surface area contributed by atoms with Gasteiger partial charge in [-0.1, -0.05) is 30.4 Å². The molecule has 4 aromatic carbocycles. The van der Waals surface area contributed by atoms with Crippen molar-refractivity contribution in [2.45, 2.75) is 5.41 Å². The summed E-state index contributed by atoms with van der Waals surface area (Å²) in [6.07, 6.45) is 7.39. The molecule has 0 heterocycles. The van der Waals surface area contributed by atoms with Crippen molar-refractivity contribution >= 4 is 27.3 Å². The number of ether oxygens (including phenoxy) is 3. The summed E-state index contributed by atoms with van der Waals surface area (Å²) in [4.78, 5) is 12.2. The number of ketones is 1. The minimum absolute atomic E-state index is 0.00604. The van der Waals surface area contributed by atoms with Gasteiger partial charge in [-0.15, -0.1) is 0 Å². The molecule has 4 heteroatoms. The summed E-state index contributed by atoms with van der Waals surface area (Å²) < 4.78 is 16.8. The van der Waals surface area contributed by atoms with E-state index in [1.165, 1.54) is 0 Å². The second-order valence-electron chi connectivity index (χ2n) is 8.42. The van der Waals surface area contributed by atoms with Crippen molar-refractivity contribution in [3.63, 3.8) is 0 Å². The van der Waals surface area contributed by atoms with Crippen molar-refractivity contribution in [3.8, 4) is 28.4 Å². The number of methoxy groups -OCH3 is 3. The average Bonchev–Trinajstić information content (AvgIpc) is 3.14. The van der Waals surface area contributed by atoms with Crippen LogP contribution in [0.5, 0.6) is 17.2 Å². The van der Waals surface area contributed by atoms with Crippen molar-refractivity contribution in [3.05, 3.63) is 90.0 Å². The van der Waals surface area contributed by atoms with Crippen molar-refractivity contribution in [2.75, 3.05) is 21.3 Å².